The monoisotopic (exact) mass is 127 g/mol. The van der Waals surface area contributed by atoms with E-state index in [1.165, 1.54) is 0 Å². The predicted octanol–water partition coefficient (Wildman–Crippen LogP) is -0.0312. The molecule has 0 aliphatic carbocycles. The van der Waals surface area contributed by atoms with Gasteiger partial charge in [-0.25, -0.2) is 0 Å². The van der Waals surface area contributed by atoms with Crippen molar-refractivity contribution >= 4 is 0 Å². The lowest BCUT2D eigenvalue weighted by Crippen LogP contribution is -2.24. The van der Waals surface area contributed by atoms with Crippen LogP contribution >= 0.6 is 0 Å². The molecule has 1 heterocycles. The third-order valence-corrected chi connectivity index (χ3v) is 1.56. The molecule has 3 heteroatoms. The Morgan fingerprint density at radius 3 is 2.67 bits per heavy atom. The van der Waals surface area contributed by atoms with Gasteiger partial charge in [-0.2, -0.15) is 0 Å². The first-order valence-electron chi connectivity index (χ1n) is 3.16. The number of hydrogen-bond donors (Lipinski definition) is 1. The van der Waals surface area contributed by atoms with Crippen molar-refractivity contribution in [3.8, 4) is 0 Å². The molecule has 0 unspecified atom stereocenters. The van der Waals surface area contributed by atoms with Gasteiger partial charge in [-0.1, -0.05) is 0 Å². The summed E-state index contributed by atoms with van der Waals surface area (Å²) in [6.45, 7) is 4.08. The SMILES string of the molecule is CCN1C=C(N)N(C)C1. The summed E-state index contributed by atoms with van der Waals surface area (Å²) in [4.78, 5) is 4.18. The Balaban J connectivity index is 2.52. The standard InChI is InChI=1S/C6H13N3/c1-3-9-4-6(7)8(2)5-9/h4H,3,5,7H2,1-2H3. The minimum Gasteiger partial charge on any atom is -0.384 e. The van der Waals surface area contributed by atoms with Crippen molar-refractivity contribution in [1.82, 2.24) is 9.80 Å². The normalized spacial score (nSPS) is 18.7. The van der Waals surface area contributed by atoms with Gasteiger partial charge in [-0.05, 0) is 6.92 Å². The Kier molecular flexibility index (Phi) is 1.51. The zero-order valence-electron chi connectivity index (χ0n) is 5.96. The molecule has 0 aromatic rings. The summed E-state index contributed by atoms with van der Waals surface area (Å²) in [5, 5.41) is 0. The molecule has 0 atom stereocenters. The summed E-state index contributed by atoms with van der Waals surface area (Å²) in [5.41, 5.74) is 5.59. The first-order chi connectivity index (χ1) is 4.24. The van der Waals surface area contributed by atoms with E-state index in [1.807, 2.05) is 18.1 Å². The van der Waals surface area contributed by atoms with E-state index in [2.05, 4.69) is 11.8 Å². The molecule has 52 valence electrons. The zero-order chi connectivity index (χ0) is 6.85. The molecule has 0 saturated carbocycles. The average Bonchev–Trinajstić information content (AvgIpc) is 2.13. The Hall–Kier alpha value is -0.860. The van der Waals surface area contributed by atoms with Gasteiger partial charge < -0.3 is 15.5 Å². The van der Waals surface area contributed by atoms with Crippen molar-refractivity contribution in [2.45, 2.75) is 6.92 Å². The molecule has 0 spiro atoms. The van der Waals surface area contributed by atoms with E-state index in [0.29, 0.717) is 0 Å². The van der Waals surface area contributed by atoms with Gasteiger partial charge in [0.2, 0.25) is 0 Å². The van der Waals surface area contributed by atoms with E-state index in [4.69, 9.17) is 5.73 Å². The fourth-order valence-electron chi connectivity index (χ4n) is 0.872. The molecule has 0 amide bonds. The van der Waals surface area contributed by atoms with Crippen LogP contribution in [-0.2, 0) is 0 Å². The van der Waals surface area contributed by atoms with Crippen molar-refractivity contribution in [2.75, 3.05) is 20.3 Å². The Labute approximate surface area is 55.7 Å². The lowest BCUT2D eigenvalue weighted by Gasteiger charge is -2.15. The van der Waals surface area contributed by atoms with Gasteiger partial charge in [0.15, 0.2) is 0 Å². The van der Waals surface area contributed by atoms with Crippen LogP contribution in [0, 0.1) is 0 Å². The second-order valence-electron chi connectivity index (χ2n) is 2.30. The molecule has 0 aromatic heterocycles. The van der Waals surface area contributed by atoms with Gasteiger partial charge in [0.25, 0.3) is 0 Å². The molecule has 2 N–H and O–H groups in total. The summed E-state index contributed by atoms with van der Waals surface area (Å²) in [7, 11) is 1.99. The van der Waals surface area contributed by atoms with Crippen LogP contribution in [-0.4, -0.2) is 30.1 Å². The van der Waals surface area contributed by atoms with E-state index < -0.39 is 0 Å². The van der Waals surface area contributed by atoms with Crippen molar-refractivity contribution < 1.29 is 0 Å². The largest absolute Gasteiger partial charge is 0.384 e. The Morgan fingerprint density at radius 1 is 1.78 bits per heavy atom. The summed E-state index contributed by atoms with van der Waals surface area (Å²) in [6.07, 6.45) is 1.97. The van der Waals surface area contributed by atoms with Gasteiger partial charge in [0.05, 0.1) is 6.67 Å². The van der Waals surface area contributed by atoms with Crippen LogP contribution in [0.1, 0.15) is 6.92 Å². The molecular weight excluding hydrogens is 114 g/mol. The van der Waals surface area contributed by atoms with Gasteiger partial charge in [-0.3, -0.25) is 0 Å². The highest BCUT2D eigenvalue weighted by Crippen LogP contribution is 2.06. The van der Waals surface area contributed by atoms with Crippen LogP contribution in [0.25, 0.3) is 0 Å². The van der Waals surface area contributed by atoms with Crippen molar-refractivity contribution in [3.63, 3.8) is 0 Å². The molecule has 0 aromatic carbocycles. The second-order valence-corrected chi connectivity index (χ2v) is 2.30. The summed E-state index contributed by atoms with van der Waals surface area (Å²) >= 11 is 0. The maximum atomic E-state index is 5.59. The molecule has 1 aliphatic rings. The van der Waals surface area contributed by atoms with E-state index in [9.17, 15) is 0 Å². The highest BCUT2D eigenvalue weighted by molar-refractivity contribution is 4.99. The summed E-state index contributed by atoms with van der Waals surface area (Å²) in [5.74, 6) is 0.858. The zero-order valence-corrected chi connectivity index (χ0v) is 5.96. The molecule has 9 heavy (non-hydrogen) atoms. The van der Waals surface area contributed by atoms with Crippen LogP contribution in [0.4, 0.5) is 0 Å². The van der Waals surface area contributed by atoms with Gasteiger partial charge in [0, 0.05) is 19.8 Å². The number of nitrogens with two attached hydrogens (primary N) is 1. The first-order valence-corrected chi connectivity index (χ1v) is 3.16. The van der Waals surface area contributed by atoms with E-state index in [-0.39, 0.29) is 0 Å². The number of nitrogens with zero attached hydrogens (tertiary/aromatic N) is 2. The van der Waals surface area contributed by atoms with Crippen LogP contribution in [0.2, 0.25) is 0 Å². The second kappa shape index (κ2) is 2.17. The van der Waals surface area contributed by atoms with Crippen molar-refractivity contribution in [2.24, 2.45) is 5.73 Å². The Bertz CT molecular complexity index is 130. The summed E-state index contributed by atoms with van der Waals surface area (Å²) in [6, 6.07) is 0. The van der Waals surface area contributed by atoms with Crippen LogP contribution in [0.15, 0.2) is 12.0 Å². The average molecular weight is 127 g/mol. The van der Waals surface area contributed by atoms with Crippen LogP contribution in [0.5, 0.6) is 0 Å². The number of rotatable bonds is 1. The molecule has 0 bridgehead atoms. The van der Waals surface area contributed by atoms with E-state index >= 15 is 0 Å². The van der Waals surface area contributed by atoms with Crippen molar-refractivity contribution in [1.29, 1.82) is 0 Å². The molecular formula is C6H13N3. The van der Waals surface area contributed by atoms with E-state index in [0.717, 1.165) is 19.0 Å². The Morgan fingerprint density at radius 2 is 2.44 bits per heavy atom. The highest BCUT2D eigenvalue weighted by atomic mass is 15.4. The minimum absolute atomic E-state index is 0.858. The fraction of sp³-hybridized carbons (Fsp3) is 0.667. The lowest BCUT2D eigenvalue weighted by atomic mass is 10.6. The van der Waals surface area contributed by atoms with Gasteiger partial charge >= 0.3 is 0 Å². The van der Waals surface area contributed by atoms with Gasteiger partial charge in [0.1, 0.15) is 5.82 Å². The quantitative estimate of drug-likeness (QED) is 0.537. The fourth-order valence-corrected chi connectivity index (χ4v) is 0.872. The van der Waals surface area contributed by atoms with Crippen molar-refractivity contribution in [3.05, 3.63) is 12.0 Å². The highest BCUT2D eigenvalue weighted by Gasteiger charge is 2.11. The predicted molar refractivity (Wildman–Crippen MR) is 37.3 cm³/mol. The third-order valence-electron chi connectivity index (χ3n) is 1.56. The van der Waals surface area contributed by atoms with Crippen LogP contribution in [0.3, 0.4) is 0 Å². The lowest BCUT2D eigenvalue weighted by molar-refractivity contribution is 0.298. The molecule has 3 nitrogen and oxygen atoms in total. The third kappa shape index (κ3) is 1.09. The summed E-state index contributed by atoms with van der Waals surface area (Å²) < 4.78 is 0. The molecule has 0 saturated heterocycles. The number of hydrogen-bond acceptors (Lipinski definition) is 3. The molecule has 0 radical (unpaired) electrons. The first kappa shape index (κ1) is 6.26. The molecule has 1 aliphatic heterocycles. The minimum atomic E-state index is 0.858. The van der Waals surface area contributed by atoms with E-state index in [1.54, 1.807) is 0 Å². The smallest absolute Gasteiger partial charge is 0.116 e. The maximum absolute atomic E-state index is 5.59. The maximum Gasteiger partial charge on any atom is 0.116 e. The van der Waals surface area contributed by atoms with Gasteiger partial charge in [-0.15, -0.1) is 0 Å². The van der Waals surface area contributed by atoms with Crippen LogP contribution < -0.4 is 5.73 Å². The molecule has 1 rings (SSSR count). The topological polar surface area (TPSA) is 32.5 Å². The molecule has 0 fully saturated rings.